The molecule has 0 atom stereocenters. The van der Waals surface area contributed by atoms with E-state index in [-0.39, 0.29) is 24.2 Å². The molecule has 4 rings (SSSR count). The molecule has 8 heteroatoms. The second-order valence-corrected chi connectivity index (χ2v) is 8.10. The van der Waals surface area contributed by atoms with Gasteiger partial charge in [-0.2, -0.15) is 0 Å². The van der Waals surface area contributed by atoms with Gasteiger partial charge >= 0.3 is 0 Å². The molecule has 1 aliphatic rings. The van der Waals surface area contributed by atoms with Crippen LogP contribution in [0.25, 0.3) is 11.3 Å². The Hall–Kier alpha value is -3.52. The summed E-state index contributed by atoms with van der Waals surface area (Å²) in [5.74, 6) is 0.910. The van der Waals surface area contributed by atoms with E-state index < -0.39 is 0 Å². The van der Waals surface area contributed by atoms with Gasteiger partial charge in [0.1, 0.15) is 12.4 Å². The quantitative estimate of drug-likeness (QED) is 0.615. The van der Waals surface area contributed by atoms with Gasteiger partial charge in [0, 0.05) is 31.3 Å². The minimum atomic E-state index is -0.0927. The van der Waals surface area contributed by atoms with Crippen molar-refractivity contribution in [1.82, 2.24) is 19.9 Å². The number of nitrogens with two attached hydrogens (primary N) is 1. The Bertz CT molecular complexity index is 1150. The Labute approximate surface area is 187 Å². The van der Waals surface area contributed by atoms with Crippen LogP contribution in [0.5, 0.6) is 5.88 Å². The molecule has 0 radical (unpaired) electrons. The Morgan fingerprint density at radius 3 is 2.94 bits per heavy atom. The third kappa shape index (κ3) is 4.86. The Balaban J connectivity index is 1.54. The van der Waals surface area contributed by atoms with Crippen LogP contribution in [0.3, 0.4) is 0 Å². The second-order valence-electron chi connectivity index (χ2n) is 8.10. The number of rotatable bonds is 6. The van der Waals surface area contributed by atoms with Gasteiger partial charge in [-0.25, -0.2) is 15.0 Å². The molecule has 1 aromatic carbocycles. The zero-order valence-electron chi connectivity index (χ0n) is 18.7. The number of nitrogens with one attached hydrogen (secondary N) is 1. The first-order valence-corrected chi connectivity index (χ1v) is 10.7. The molecule has 0 saturated carbocycles. The molecule has 1 aliphatic heterocycles. The number of aromatic nitrogens is 3. The molecular weight excluding hydrogens is 404 g/mol. The molecule has 0 spiro atoms. The molecule has 32 heavy (non-hydrogen) atoms. The van der Waals surface area contributed by atoms with Gasteiger partial charge in [-0.05, 0) is 66.9 Å². The maximum Gasteiger partial charge on any atom is 0.258 e. The number of nitrogens with zero attached hydrogens (tertiary/aromatic N) is 4. The molecule has 0 aliphatic carbocycles. The van der Waals surface area contributed by atoms with Gasteiger partial charge in [-0.1, -0.05) is 6.92 Å². The summed E-state index contributed by atoms with van der Waals surface area (Å²) in [6, 6.07) is 7.93. The van der Waals surface area contributed by atoms with E-state index in [0.717, 1.165) is 36.3 Å². The molecule has 1 amide bonds. The minimum absolute atomic E-state index is 0.0927. The van der Waals surface area contributed by atoms with Crippen LogP contribution in [-0.2, 0) is 24.4 Å². The fraction of sp³-hybridized carbons (Fsp3) is 0.333. The Kier molecular flexibility index (Phi) is 6.32. The number of aryl methyl sites for hydroxylation is 1. The fourth-order valence-electron chi connectivity index (χ4n) is 3.85. The van der Waals surface area contributed by atoms with E-state index in [1.165, 1.54) is 16.7 Å². The summed E-state index contributed by atoms with van der Waals surface area (Å²) in [4.78, 5) is 27.0. The number of ether oxygens (including phenoxy) is 1. The van der Waals surface area contributed by atoms with Crippen LogP contribution in [0.2, 0.25) is 0 Å². The van der Waals surface area contributed by atoms with E-state index in [9.17, 15) is 4.79 Å². The molecule has 3 heterocycles. The van der Waals surface area contributed by atoms with Crippen molar-refractivity contribution in [1.29, 1.82) is 0 Å². The number of likely N-dealkylation sites (N-methyl/N-ethyl adjacent to an activating group) is 1. The Morgan fingerprint density at radius 2 is 2.12 bits per heavy atom. The lowest BCUT2D eigenvalue weighted by molar-refractivity contribution is -0.115. The summed E-state index contributed by atoms with van der Waals surface area (Å²) < 4.78 is 5.88. The van der Waals surface area contributed by atoms with Crippen molar-refractivity contribution in [3.05, 3.63) is 58.9 Å². The number of nitrogen functional groups attached to an aromatic ring is 1. The van der Waals surface area contributed by atoms with Crippen LogP contribution in [0.1, 0.15) is 35.6 Å². The SMILES string of the molecule is CCC(=O)Nc1cc(COc2nc(-c3cc(C)c4c(c3)CN(C)CC4)cnc2N)ccn1. The predicted molar refractivity (Wildman–Crippen MR) is 124 cm³/mol. The number of benzene rings is 1. The molecule has 166 valence electrons. The molecule has 3 aromatic rings. The van der Waals surface area contributed by atoms with Crippen LogP contribution in [0, 0.1) is 6.92 Å². The lowest BCUT2D eigenvalue weighted by atomic mass is 9.92. The van der Waals surface area contributed by atoms with Crippen molar-refractivity contribution < 1.29 is 9.53 Å². The molecular formula is C24H28N6O2. The predicted octanol–water partition coefficient (Wildman–Crippen LogP) is 3.34. The standard InChI is InChI=1S/C24H28N6O2/c1-4-22(31)29-21-10-16(5-7-26-21)14-32-24-23(25)27-12-20(28-24)17-9-15(2)19-6-8-30(3)13-18(19)11-17/h5,7,9-12H,4,6,8,13-14H2,1-3H3,(H2,25,27)(H,26,29,31). The van der Waals surface area contributed by atoms with Gasteiger partial charge in [0.25, 0.3) is 5.88 Å². The summed E-state index contributed by atoms with van der Waals surface area (Å²) in [5.41, 5.74) is 12.6. The summed E-state index contributed by atoms with van der Waals surface area (Å²) in [6.07, 6.45) is 4.76. The number of hydrogen-bond donors (Lipinski definition) is 2. The summed E-state index contributed by atoms with van der Waals surface area (Å²) in [5, 5.41) is 2.74. The van der Waals surface area contributed by atoms with Crippen LogP contribution in [0.4, 0.5) is 11.6 Å². The maximum atomic E-state index is 11.6. The summed E-state index contributed by atoms with van der Waals surface area (Å²) >= 11 is 0. The third-order valence-corrected chi connectivity index (χ3v) is 5.60. The average molecular weight is 433 g/mol. The van der Waals surface area contributed by atoms with Crippen LogP contribution in [0.15, 0.2) is 36.7 Å². The monoisotopic (exact) mass is 432 g/mol. The topological polar surface area (TPSA) is 106 Å². The third-order valence-electron chi connectivity index (χ3n) is 5.60. The van der Waals surface area contributed by atoms with Crippen molar-refractivity contribution in [2.75, 3.05) is 24.6 Å². The van der Waals surface area contributed by atoms with Crippen molar-refractivity contribution in [3.8, 4) is 17.1 Å². The van der Waals surface area contributed by atoms with Crippen LogP contribution >= 0.6 is 0 Å². The molecule has 2 aromatic heterocycles. The highest BCUT2D eigenvalue weighted by Crippen LogP contribution is 2.30. The van der Waals surface area contributed by atoms with Gasteiger partial charge in [0.2, 0.25) is 5.91 Å². The highest BCUT2D eigenvalue weighted by Gasteiger charge is 2.17. The minimum Gasteiger partial charge on any atom is -0.470 e. The lowest BCUT2D eigenvalue weighted by Crippen LogP contribution is -2.27. The smallest absolute Gasteiger partial charge is 0.258 e. The summed E-state index contributed by atoms with van der Waals surface area (Å²) in [7, 11) is 2.14. The van der Waals surface area contributed by atoms with Crippen molar-refractivity contribution >= 4 is 17.5 Å². The van der Waals surface area contributed by atoms with E-state index in [4.69, 9.17) is 10.5 Å². The highest BCUT2D eigenvalue weighted by molar-refractivity contribution is 5.89. The maximum absolute atomic E-state index is 11.6. The first-order chi connectivity index (χ1) is 15.4. The zero-order chi connectivity index (χ0) is 22.7. The average Bonchev–Trinajstić information content (AvgIpc) is 2.78. The second kappa shape index (κ2) is 9.32. The van der Waals surface area contributed by atoms with Gasteiger partial charge in [-0.3, -0.25) is 4.79 Å². The first-order valence-electron chi connectivity index (χ1n) is 10.7. The fourth-order valence-corrected chi connectivity index (χ4v) is 3.85. The first kappa shape index (κ1) is 21.7. The number of anilines is 2. The van der Waals surface area contributed by atoms with E-state index >= 15 is 0 Å². The summed E-state index contributed by atoms with van der Waals surface area (Å²) in [6.45, 7) is 6.17. The molecule has 0 bridgehead atoms. The van der Waals surface area contributed by atoms with Crippen molar-refractivity contribution in [2.45, 2.75) is 39.8 Å². The lowest BCUT2D eigenvalue weighted by Gasteiger charge is -2.27. The number of amides is 1. The highest BCUT2D eigenvalue weighted by atomic mass is 16.5. The molecule has 3 N–H and O–H groups in total. The number of fused-ring (bicyclic) bond motifs is 1. The van der Waals surface area contributed by atoms with Crippen molar-refractivity contribution in [3.63, 3.8) is 0 Å². The largest absolute Gasteiger partial charge is 0.470 e. The normalized spacial score (nSPS) is 13.5. The van der Waals surface area contributed by atoms with Gasteiger partial charge in [-0.15, -0.1) is 0 Å². The number of pyridine rings is 1. The molecule has 0 saturated heterocycles. The van der Waals surface area contributed by atoms with E-state index in [0.29, 0.717) is 12.2 Å². The molecule has 8 nitrogen and oxygen atoms in total. The number of hydrogen-bond acceptors (Lipinski definition) is 7. The van der Waals surface area contributed by atoms with E-state index in [2.05, 4.69) is 51.3 Å². The zero-order valence-corrected chi connectivity index (χ0v) is 18.7. The number of carbonyl (C=O) groups is 1. The van der Waals surface area contributed by atoms with Gasteiger partial charge in [0.15, 0.2) is 5.82 Å². The van der Waals surface area contributed by atoms with Gasteiger partial charge < -0.3 is 20.7 Å². The van der Waals surface area contributed by atoms with Gasteiger partial charge in [0.05, 0.1) is 11.9 Å². The molecule has 0 unspecified atom stereocenters. The molecule has 0 fully saturated rings. The van der Waals surface area contributed by atoms with Crippen molar-refractivity contribution in [2.24, 2.45) is 0 Å². The van der Waals surface area contributed by atoms with Crippen LogP contribution in [-0.4, -0.2) is 39.4 Å². The van der Waals surface area contributed by atoms with E-state index in [1.807, 2.05) is 6.07 Å². The van der Waals surface area contributed by atoms with E-state index in [1.54, 1.807) is 25.4 Å². The van der Waals surface area contributed by atoms with Crippen LogP contribution < -0.4 is 15.8 Å². The number of carbonyl (C=O) groups excluding carboxylic acids is 1. The Morgan fingerprint density at radius 1 is 1.28 bits per heavy atom.